The van der Waals surface area contributed by atoms with Crippen molar-refractivity contribution < 1.29 is 4.79 Å². The van der Waals surface area contributed by atoms with Gasteiger partial charge in [0.1, 0.15) is 6.29 Å². The quantitative estimate of drug-likeness (QED) is 0.495. The van der Waals surface area contributed by atoms with E-state index in [2.05, 4.69) is 19.9 Å². The van der Waals surface area contributed by atoms with Gasteiger partial charge in [-0.2, -0.15) is 11.8 Å². The maximum Gasteiger partial charge on any atom is 0.145 e. The highest BCUT2D eigenvalue weighted by Gasteiger charge is 2.14. The Bertz CT molecular complexity index is 178. The molecule has 0 aliphatic carbocycles. The van der Waals surface area contributed by atoms with Crippen LogP contribution in [0.4, 0.5) is 0 Å². The van der Waals surface area contributed by atoms with Gasteiger partial charge >= 0.3 is 0 Å². The number of hydrogen-bond donors (Lipinski definition) is 0. The van der Waals surface area contributed by atoms with Crippen molar-refractivity contribution >= 4 is 18.0 Å². The van der Waals surface area contributed by atoms with Crippen LogP contribution in [0.1, 0.15) is 20.3 Å². The van der Waals surface area contributed by atoms with Crippen LogP contribution >= 0.6 is 11.8 Å². The van der Waals surface area contributed by atoms with Gasteiger partial charge in [-0.3, -0.25) is 4.79 Å². The Labute approximate surface area is 78.6 Å². The lowest BCUT2D eigenvalue weighted by atomic mass is 9.98. The Kier molecular flexibility index (Phi) is 3.86. The third kappa shape index (κ3) is 2.67. The molecule has 1 saturated heterocycles. The fourth-order valence-electron chi connectivity index (χ4n) is 1.32. The Balaban J connectivity index is 2.56. The number of aldehydes is 1. The number of hydrogen-bond acceptors (Lipinski definition) is 2. The van der Waals surface area contributed by atoms with E-state index >= 15 is 0 Å². The molecule has 68 valence electrons. The van der Waals surface area contributed by atoms with Crippen molar-refractivity contribution in [3.8, 4) is 0 Å². The molecule has 2 heteroatoms. The highest BCUT2D eigenvalue weighted by atomic mass is 32.2. The minimum absolute atomic E-state index is 0.382. The molecular weight excluding hydrogens is 168 g/mol. The van der Waals surface area contributed by atoms with Crippen LogP contribution in [0.3, 0.4) is 0 Å². The second kappa shape index (κ2) is 4.70. The van der Waals surface area contributed by atoms with Gasteiger partial charge in [-0.1, -0.05) is 19.9 Å². The van der Waals surface area contributed by atoms with Crippen molar-refractivity contribution in [2.45, 2.75) is 20.3 Å². The van der Waals surface area contributed by atoms with E-state index in [0.717, 1.165) is 11.9 Å². The molecule has 0 aromatic heterocycles. The number of carbonyl (C=O) groups is 1. The van der Waals surface area contributed by atoms with Crippen LogP contribution in [0.15, 0.2) is 11.6 Å². The zero-order valence-electron chi connectivity index (χ0n) is 7.75. The minimum Gasteiger partial charge on any atom is -0.298 e. The summed E-state index contributed by atoms with van der Waals surface area (Å²) < 4.78 is 0. The van der Waals surface area contributed by atoms with Crippen LogP contribution in [-0.4, -0.2) is 17.8 Å². The SMILES string of the molecule is CC(C)C(C=O)=CC1CCSC1. The molecule has 0 N–H and O–H groups in total. The van der Waals surface area contributed by atoms with Crippen LogP contribution in [0.25, 0.3) is 0 Å². The molecule has 0 aromatic carbocycles. The van der Waals surface area contributed by atoms with Gasteiger partial charge in [0.05, 0.1) is 0 Å². The largest absolute Gasteiger partial charge is 0.298 e. The number of rotatable bonds is 3. The molecule has 12 heavy (non-hydrogen) atoms. The standard InChI is InChI=1S/C10H16OS/c1-8(2)10(6-11)5-9-3-4-12-7-9/h5-6,8-9H,3-4,7H2,1-2H3. The van der Waals surface area contributed by atoms with E-state index in [0.29, 0.717) is 11.8 Å². The monoisotopic (exact) mass is 184 g/mol. The molecule has 1 unspecified atom stereocenters. The fraction of sp³-hybridized carbons (Fsp3) is 0.700. The lowest BCUT2D eigenvalue weighted by molar-refractivity contribution is -0.105. The number of thioether (sulfide) groups is 1. The van der Waals surface area contributed by atoms with Gasteiger partial charge in [0.15, 0.2) is 0 Å². The Morgan fingerprint density at radius 3 is 2.75 bits per heavy atom. The molecule has 0 aromatic rings. The summed E-state index contributed by atoms with van der Waals surface area (Å²) in [6.45, 7) is 4.14. The summed E-state index contributed by atoms with van der Waals surface area (Å²) >= 11 is 1.99. The molecule has 1 aliphatic rings. The fourth-order valence-corrected chi connectivity index (χ4v) is 2.53. The van der Waals surface area contributed by atoms with Gasteiger partial charge in [-0.15, -0.1) is 0 Å². The van der Waals surface area contributed by atoms with E-state index < -0.39 is 0 Å². The van der Waals surface area contributed by atoms with Gasteiger partial charge in [0.2, 0.25) is 0 Å². The maximum absolute atomic E-state index is 10.7. The molecule has 0 radical (unpaired) electrons. The van der Waals surface area contributed by atoms with Crippen LogP contribution < -0.4 is 0 Å². The van der Waals surface area contributed by atoms with Gasteiger partial charge in [-0.05, 0) is 35.3 Å². The first kappa shape index (κ1) is 9.85. The summed E-state index contributed by atoms with van der Waals surface area (Å²) in [6, 6.07) is 0. The van der Waals surface area contributed by atoms with Gasteiger partial charge in [0, 0.05) is 0 Å². The molecule has 1 atom stereocenters. The van der Waals surface area contributed by atoms with E-state index in [1.54, 1.807) is 0 Å². The molecular formula is C10H16OS. The predicted octanol–water partition coefficient (Wildman–Crippen LogP) is 2.52. The van der Waals surface area contributed by atoms with Gasteiger partial charge in [0.25, 0.3) is 0 Å². The van der Waals surface area contributed by atoms with E-state index in [-0.39, 0.29) is 0 Å². The normalized spacial score (nSPS) is 24.9. The molecule has 1 nitrogen and oxygen atoms in total. The lowest BCUT2D eigenvalue weighted by Crippen LogP contribution is -2.01. The second-order valence-corrected chi connectivity index (χ2v) is 4.71. The van der Waals surface area contributed by atoms with Gasteiger partial charge < -0.3 is 0 Å². The maximum atomic E-state index is 10.7. The predicted molar refractivity (Wildman–Crippen MR) is 54.4 cm³/mol. The molecule has 1 rings (SSSR count). The molecule has 0 bridgehead atoms. The third-order valence-corrected chi connectivity index (χ3v) is 3.38. The smallest absolute Gasteiger partial charge is 0.145 e. The Hall–Kier alpha value is -0.240. The zero-order valence-corrected chi connectivity index (χ0v) is 8.56. The van der Waals surface area contributed by atoms with Crippen LogP contribution in [0.5, 0.6) is 0 Å². The van der Waals surface area contributed by atoms with E-state index in [1.165, 1.54) is 17.9 Å². The van der Waals surface area contributed by atoms with Crippen molar-refractivity contribution in [3.63, 3.8) is 0 Å². The van der Waals surface area contributed by atoms with E-state index in [1.807, 2.05) is 11.8 Å². The van der Waals surface area contributed by atoms with Crippen molar-refractivity contribution in [2.75, 3.05) is 11.5 Å². The first-order valence-electron chi connectivity index (χ1n) is 4.48. The summed E-state index contributed by atoms with van der Waals surface area (Å²) in [6.07, 6.45) is 4.42. The van der Waals surface area contributed by atoms with Crippen LogP contribution in [0, 0.1) is 11.8 Å². The topological polar surface area (TPSA) is 17.1 Å². The highest BCUT2D eigenvalue weighted by molar-refractivity contribution is 7.99. The molecule has 0 amide bonds. The zero-order chi connectivity index (χ0) is 8.97. The van der Waals surface area contributed by atoms with E-state index in [9.17, 15) is 4.79 Å². The van der Waals surface area contributed by atoms with Crippen molar-refractivity contribution in [3.05, 3.63) is 11.6 Å². The van der Waals surface area contributed by atoms with Crippen LogP contribution in [-0.2, 0) is 4.79 Å². The van der Waals surface area contributed by atoms with E-state index in [4.69, 9.17) is 0 Å². The average Bonchev–Trinajstić information content (AvgIpc) is 2.51. The number of carbonyl (C=O) groups excluding carboxylic acids is 1. The van der Waals surface area contributed by atoms with Crippen LogP contribution in [0.2, 0.25) is 0 Å². The Morgan fingerprint density at radius 2 is 2.33 bits per heavy atom. The van der Waals surface area contributed by atoms with Crippen molar-refractivity contribution in [2.24, 2.45) is 11.8 Å². The molecule has 1 fully saturated rings. The molecule has 0 spiro atoms. The number of allylic oxidation sites excluding steroid dienone is 2. The molecule has 1 aliphatic heterocycles. The highest BCUT2D eigenvalue weighted by Crippen LogP contribution is 2.26. The second-order valence-electron chi connectivity index (χ2n) is 3.56. The first-order valence-corrected chi connectivity index (χ1v) is 5.64. The first-order chi connectivity index (χ1) is 5.74. The van der Waals surface area contributed by atoms with Crippen molar-refractivity contribution in [1.82, 2.24) is 0 Å². The lowest BCUT2D eigenvalue weighted by Gasteiger charge is -2.06. The summed E-state index contributed by atoms with van der Waals surface area (Å²) in [5.41, 5.74) is 0.975. The molecule has 0 saturated carbocycles. The Morgan fingerprint density at radius 1 is 1.58 bits per heavy atom. The summed E-state index contributed by atoms with van der Waals surface area (Å²) in [5, 5.41) is 0. The minimum atomic E-state index is 0.382. The molecule has 1 heterocycles. The summed E-state index contributed by atoms with van der Waals surface area (Å²) in [5.74, 6) is 3.49. The van der Waals surface area contributed by atoms with Gasteiger partial charge in [-0.25, -0.2) is 0 Å². The third-order valence-electron chi connectivity index (χ3n) is 2.20. The summed E-state index contributed by atoms with van der Waals surface area (Å²) in [4.78, 5) is 10.7. The summed E-state index contributed by atoms with van der Waals surface area (Å²) in [7, 11) is 0. The van der Waals surface area contributed by atoms with Crippen molar-refractivity contribution in [1.29, 1.82) is 0 Å². The average molecular weight is 184 g/mol.